The van der Waals surface area contributed by atoms with Crippen LogP contribution in [0.2, 0.25) is 0 Å². The Hall–Kier alpha value is -2.67. The Morgan fingerprint density at radius 3 is 2.85 bits per heavy atom. The molecule has 0 saturated carbocycles. The summed E-state index contributed by atoms with van der Waals surface area (Å²) in [6, 6.07) is 8.27. The molecule has 3 aromatic rings. The quantitative estimate of drug-likeness (QED) is 0.660. The van der Waals surface area contributed by atoms with Crippen molar-refractivity contribution in [1.82, 2.24) is 9.78 Å². The number of hydrogen-bond acceptors (Lipinski definition) is 4. The minimum atomic E-state index is -1.16. The van der Waals surface area contributed by atoms with Gasteiger partial charge in [0, 0.05) is 17.3 Å². The minimum Gasteiger partial charge on any atom is -0.479 e. The lowest BCUT2D eigenvalue weighted by atomic mass is 10.1. The Morgan fingerprint density at radius 1 is 1.31 bits per heavy atom. The number of carbonyl (C=O) groups excluding carboxylic acids is 1. The number of carboxylic acids is 1. The standard InChI is InChI=1S/C19H21N3O3S/c1-19(2,18(24)25)22-11-14(10-20-22)21-17(23)9-5-6-13-12-26-16-8-4-3-7-15(13)16/h3-4,7-8,10-12H,5-6,9H2,1-2H3,(H,21,23)(H,24,25). The number of fused-ring (bicyclic) bond motifs is 1. The van der Waals surface area contributed by atoms with Gasteiger partial charge in [-0.2, -0.15) is 5.10 Å². The number of anilines is 1. The van der Waals surface area contributed by atoms with Crippen LogP contribution in [0.5, 0.6) is 0 Å². The third-order valence-corrected chi connectivity index (χ3v) is 5.39. The molecule has 0 fully saturated rings. The van der Waals surface area contributed by atoms with Crippen LogP contribution in [0.25, 0.3) is 10.1 Å². The third kappa shape index (κ3) is 3.77. The molecule has 0 aliphatic heterocycles. The lowest BCUT2D eigenvalue weighted by Gasteiger charge is -2.19. The number of aromatic nitrogens is 2. The molecule has 0 aliphatic rings. The number of rotatable bonds is 7. The van der Waals surface area contributed by atoms with Crippen molar-refractivity contribution in [2.75, 3.05) is 5.32 Å². The summed E-state index contributed by atoms with van der Waals surface area (Å²) in [5.41, 5.74) is 0.614. The number of hydrogen-bond donors (Lipinski definition) is 2. The molecule has 2 heterocycles. The smallest absolute Gasteiger partial charge is 0.331 e. The van der Waals surface area contributed by atoms with Crippen molar-refractivity contribution >= 4 is 39.0 Å². The SMILES string of the molecule is CC(C)(C(=O)O)n1cc(NC(=O)CCCc2csc3ccccc23)cn1. The summed E-state index contributed by atoms with van der Waals surface area (Å²) in [6.07, 6.45) is 5.01. The zero-order chi connectivity index (χ0) is 18.7. The summed E-state index contributed by atoms with van der Waals surface area (Å²) in [5.74, 6) is -1.08. The highest BCUT2D eigenvalue weighted by Gasteiger charge is 2.30. The largest absolute Gasteiger partial charge is 0.479 e. The highest BCUT2D eigenvalue weighted by atomic mass is 32.1. The normalized spacial score (nSPS) is 11.6. The summed E-state index contributed by atoms with van der Waals surface area (Å²) in [5, 5.41) is 19.5. The summed E-state index contributed by atoms with van der Waals surface area (Å²) >= 11 is 1.72. The first kappa shape index (κ1) is 18.1. The minimum absolute atomic E-state index is 0.0998. The van der Waals surface area contributed by atoms with Crippen LogP contribution in [0.15, 0.2) is 42.0 Å². The fourth-order valence-corrected chi connectivity index (χ4v) is 3.68. The lowest BCUT2D eigenvalue weighted by molar-refractivity contribution is -0.146. The number of thiophene rings is 1. The van der Waals surface area contributed by atoms with E-state index >= 15 is 0 Å². The first-order valence-electron chi connectivity index (χ1n) is 8.41. The number of nitrogens with zero attached hydrogens (tertiary/aromatic N) is 2. The molecule has 3 rings (SSSR count). The molecule has 0 bridgehead atoms. The number of carbonyl (C=O) groups is 2. The van der Waals surface area contributed by atoms with E-state index in [-0.39, 0.29) is 5.91 Å². The number of nitrogens with one attached hydrogen (secondary N) is 1. The Morgan fingerprint density at radius 2 is 2.08 bits per heavy atom. The van der Waals surface area contributed by atoms with Gasteiger partial charge in [0.15, 0.2) is 5.54 Å². The van der Waals surface area contributed by atoms with Crippen molar-refractivity contribution in [2.24, 2.45) is 0 Å². The third-order valence-electron chi connectivity index (χ3n) is 4.37. The summed E-state index contributed by atoms with van der Waals surface area (Å²) in [6.45, 7) is 3.11. The van der Waals surface area contributed by atoms with Gasteiger partial charge in [-0.25, -0.2) is 4.79 Å². The molecule has 26 heavy (non-hydrogen) atoms. The first-order valence-corrected chi connectivity index (χ1v) is 9.29. The van der Waals surface area contributed by atoms with E-state index in [4.69, 9.17) is 0 Å². The van der Waals surface area contributed by atoms with Crippen molar-refractivity contribution in [1.29, 1.82) is 0 Å². The van der Waals surface area contributed by atoms with Crippen molar-refractivity contribution in [3.05, 3.63) is 47.6 Å². The van der Waals surface area contributed by atoms with E-state index in [1.807, 2.05) is 12.1 Å². The molecule has 1 aromatic carbocycles. The second kappa shape index (κ2) is 7.29. The zero-order valence-electron chi connectivity index (χ0n) is 14.7. The second-order valence-electron chi connectivity index (χ2n) is 6.70. The van der Waals surface area contributed by atoms with Gasteiger partial charge in [-0.3, -0.25) is 9.48 Å². The molecule has 0 saturated heterocycles. The number of aliphatic carboxylic acids is 1. The van der Waals surface area contributed by atoms with Crippen LogP contribution < -0.4 is 5.32 Å². The van der Waals surface area contributed by atoms with Gasteiger partial charge in [-0.1, -0.05) is 18.2 Å². The maximum atomic E-state index is 12.1. The second-order valence-corrected chi connectivity index (χ2v) is 7.61. The molecule has 2 N–H and O–H groups in total. The first-order chi connectivity index (χ1) is 12.4. The molecule has 0 radical (unpaired) electrons. The van der Waals surface area contributed by atoms with Crippen LogP contribution in [0, 0.1) is 0 Å². The topological polar surface area (TPSA) is 84.2 Å². The number of carboxylic acid groups (broad SMARTS) is 1. The average Bonchev–Trinajstić information content (AvgIpc) is 3.22. The van der Waals surface area contributed by atoms with Gasteiger partial charge in [0.05, 0.1) is 11.9 Å². The molecule has 7 heteroatoms. The van der Waals surface area contributed by atoms with E-state index in [0.717, 1.165) is 12.8 Å². The summed E-state index contributed by atoms with van der Waals surface area (Å²) < 4.78 is 2.60. The molecule has 2 aromatic heterocycles. The average molecular weight is 371 g/mol. The van der Waals surface area contributed by atoms with E-state index in [1.165, 1.54) is 26.5 Å². The molecule has 136 valence electrons. The van der Waals surface area contributed by atoms with E-state index < -0.39 is 11.5 Å². The number of benzene rings is 1. The van der Waals surface area contributed by atoms with Crippen LogP contribution in [0.1, 0.15) is 32.3 Å². The highest BCUT2D eigenvalue weighted by Crippen LogP contribution is 2.26. The Balaban J connectivity index is 1.53. The van der Waals surface area contributed by atoms with Gasteiger partial charge in [0.1, 0.15) is 0 Å². The fraction of sp³-hybridized carbons (Fsp3) is 0.316. The summed E-state index contributed by atoms with van der Waals surface area (Å²) in [4.78, 5) is 23.4. The van der Waals surface area contributed by atoms with E-state index in [2.05, 4.69) is 27.9 Å². The van der Waals surface area contributed by atoms with E-state index in [0.29, 0.717) is 12.1 Å². The Bertz CT molecular complexity index is 942. The van der Waals surface area contributed by atoms with Crippen molar-refractivity contribution in [2.45, 2.75) is 38.6 Å². The maximum absolute atomic E-state index is 12.1. The van der Waals surface area contributed by atoms with E-state index in [1.54, 1.807) is 31.4 Å². The molecule has 0 atom stereocenters. The van der Waals surface area contributed by atoms with Crippen molar-refractivity contribution in [3.8, 4) is 0 Å². The van der Waals surface area contributed by atoms with Gasteiger partial charge in [0.2, 0.25) is 5.91 Å². The highest BCUT2D eigenvalue weighted by molar-refractivity contribution is 7.17. The van der Waals surface area contributed by atoms with Crippen LogP contribution in [-0.2, 0) is 21.5 Å². The molecule has 0 unspecified atom stereocenters. The van der Waals surface area contributed by atoms with Gasteiger partial charge < -0.3 is 10.4 Å². The van der Waals surface area contributed by atoms with Crippen LogP contribution >= 0.6 is 11.3 Å². The fourth-order valence-electron chi connectivity index (χ4n) is 2.68. The van der Waals surface area contributed by atoms with Gasteiger partial charge in [-0.15, -0.1) is 11.3 Å². The van der Waals surface area contributed by atoms with Gasteiger partial charge >= 0.3 is 5.97 Å². The van der Waals surface area contributed by atoms with E-state index in [9.17, 15) is 14.7 Å². The Kier molecular flexibility index (Phi) is 5.08. The zero-order valence-corrected chi connectivity index (χ0v) is 15.5. The molecular weight excluding hydrogens is 350 g/mol. The molecular formula is C19H21N3O3S. The van der Waals surface area contributed by atoms with Crippen LogP contribution in [-0.4, -0.2) is 26.8 Å². The summed E-state index contributed by atoms with van der Waals surface area (Å²) in [7, 11) is 0. The monoisotopic (exact) mass is 371 g/mol. The number of aryl methyl sites for hydroxylation is 1. The van der Waals surface area contributed by atoms with Gasteiger partial charge in [0.25, 0.3) is 0 Å². The Labute approximate surface area is 155 Å². The number of amides is 1. The molecule has 0 aliphatic carbocycles. The van der Waals surface area contributed by atoms with Crippen LogP contribution in [0.3, 0.4) is 0 Å². The predicted molar refractivity (Wildman–Crippen MR) is 103 cm³/mol. The van der Waals surface area contributed by atoms with Gasteiger partial charge in [-0.05, 0) is 49.1 Å². The molecule has 0 spiro atoms. The molecule has 1 amide bonds. The maximum Gasteiger partial charge on any atom is 0.331 e. The lowest BCUT2D eigenvalue weighted by Crippen LogP contribution is -2.35. The van der Waals surface area contributed by atoms with Crippen molar-refractivity contribution in [3.63, 3.8) is 0 Å². The van der Waals surface area contributed by atoms with Crippen LogP contribution in [0.4, 0.5) is 5.69 Å². The van der Waals surface area contributed by atoms with Crippen molar-refractivity contribution < 1.29 is 14.7 Å². The predicted octanol–water partition coefficient (Wildman–Crippen LogP) is 3.88. The molecule has 6 nitrogen and oxygen atoms in total.